The van der Waals surface area contributed by atoms with Crippen LogP contribution >= 0.6 is 0 Å². The van der Waals surface area contributed by atoms with Crippen LogP contribution in [-0.4, -0.2) is 83.9 Å². The molecule has 0 spiro atoms. The molecule has 0 N–H and O–H groups in total. The summed E-state index contributed by atoms with van der Waals surface area (Å²) in [6.45, 7) is 8.21. The molecule has 0 aromatic rings. The first-order valence-electron chi connectivity index (χ1n) is 12.1. The van der Waals surface area contributed by atoms with E-state index in [2.05, 4.69) is 6.92 Å². The van der Waals surface area contributed by atoms with Crippen molar-refractivity contribution in [2.24, 2.45) is 0 Å². The lowest BCUT2D eigenvalue weighted by Crippen LogP contribution is -2.49. The Morgan fingerprint density at radius 1 is 1.00 bits per heavy atom. The quantitative estimate of drug-likeness (QED) is 0.464. The molecule has 2 saturated heterocycles. The highest BCUT2D eigenvalue weighted by molar-refractivity contribution is 5.78. The summed E-state index contributed by atoms with van der Waals surface area (Å²) < 4.78 is 5.85. The lowest BCUT2D eigenvalue weighted by atomic mass is 9.91. The average molecular weight is 438 g/mol. The third kappa shape index (κ3) is 8.09. The fraction of sp³-hybridized carbons (Fsp3) is 0.875. The monoisotopic (exact) mass is 437 g/mol. The number of nitrogens with zero attached hydrogens (tertiary/aromatic N) is 3. The molecule has 0 aromatic heterocycles. The van der Waals surface area contributed by atoms with E-state index in [0.717, 1.165) is 51.6 Å². The van der Waals surface area contributed by atoms with Crippen LogP contribution in [0, 0.1) is 0 Å². The van der Waals surface area contributed by atoms with Gasteiger partial charge in [0.25, 0.3) is 0 Å². The summed E-state index contributed by atoms with van der Waals surface area (Å²) in [5, 5.41) is 0. The van der Waals surface area contributed by atoms with Crippen molar-refractivity contribution >= 4 is 17.8 Å². The fourth-order valence-corrected chi connectivity index (χ4v) is 4.88. The molecule has 7 heteroatoms. The van der Waals surface area contributed by atoms with Gasteiger partial charge in [0.05, 0.1) is 6.42 Å². The van der Waals surface area contributed by atoms with E-state index in [1.165, 1.54) is 0 Å². The van der Waals surface area contributed by atoms with Gasteiger partial charge in [-0.25, -0.2) is 0 Å². The van der Waals surface area contributed by atoms with E-state index in [1.54, 1.807) is 0 Å². The second-order valence-corrected chi connectivity index (χ2v) is 10.0. The first-order valence-corrected chi connectivity index (χ1v) is 12.1. The molecule has 2 atom stereocenters. The lowest BCUT2D eigenvalue weighted by molar-refractivity contribution is -0.159. The molecule has 2 rings (SSSR count). The zero-order valence-electron chi connectivity index (χ0n) is 20.3. The van der Waals surface area contributed by atoms with Gasteiger partial charge in [-0.05, 0) is 60.0 Å². The van der Waals surface area contributed by atoms with Crippen LogP contribution in [0.5, 0.6) is 0 Å². The van der Waals surface area contributed by atoms with E-state index in [9.17, 15) is 14.4 Å². The van der Waals surface area contributed by atoms with Crippen molar-refractivity contribution in [3.63, 3.8) is 0 Å². The zero-order chi connectivity index (χ0) is 23.0. The molecule has 2 aliphatic rings. The van der Waals surface area contributed by atoms with Gasteiger partial charge in [-0.1, -0.05) is 13.3 Å². The van der Waals surface area contributed by atoms with Gasteiger partial charge < -0.3 is 19.4 Å². The molecular weight excluding hydrogens is 394 g/mol. The highest BCUT2D eigenvalue weighted by Crippen LogP contribution is 2.29. The van der Waals surface area contributed by atoms with Gasteiger partial charge in [0.15, 0.2) is 0 Å². The molecule has 2 amide bonds. The number of ether oxygens (including phenoxy) is 1. The third-order valence-corrected chi connectivity index (χ3v) is 6.50. The van der Waals surface area contributed by atoms with Crippen LogP contribution < -0.4 is 0 Å². The topological polar surface area (TPSA) is 70.2 Å². The lowest BCUT2D eigenvalue weighted by Gasteiger charge is -2.40. The molecule has 2 unspecified atom stereocenters. The molecule has 2 heterocycles. The second kappa shape index (κ2) is 11.8. The number of esters is 1. The molecular formula is C24H43N3O4. The normalized spacial score (nSPS) is 20.2. The van der Waals surface area contributed by atoms with Gasteiger partial charge in [0.1, 0.15) is 5.60 Å². The maximum Gasteiger partial charge on any atom is 0.307 e. The largest absolute Gasteiger partial charge is 0.460 e. The minimum atomic E-state index is -0.673. The second-order valence-electron chi connectivity index (χ2n) is 10.0. The van der Waals surface area contributed by atoms with Crippen LogP contribution in [0.2, 0.25) is 0 Å². The molecule has 0 aliphatic carbocycles. The van der Waals surface area contributed by atoms with E-state index < -0.39 is 5.60 Å². The Balaban J connectivity index is 2.14. The van der Waals surface area contributed by atoms with Crippen LogP contribution in [0.1, 0.15) is 85.0 Å². The molecule has 0 aromatic carbocycles. The van der Waals surface area contributed by atoms with E-state index in [1.807, 2.05) is 42.6 Å². The summed E-state index contributed by atoms with van der Waals surface area (Å²) in [6, 6.07) is 0.0805. The van der Waals surface area contributed by atoms with E-state index in [0.29, 0.717) is 32.2 Å². The van der Waals surface area contributed by atoms with Crippen LogP contribution in [0.3, 0.4) is 0 Å². The van der Waals surface area contributed by atoms with E-state index in [-0.39, 0.29) is 29.9 Å². The zero-order valence-corrected chi connectivity index (χ0v) is 20.3. The molecule has 0 saturated carbocycles. The number of likely N-dealkylation sites (tertiary alicyclic amines) is 2. The van der Waals surface area contributed by atoms with E-state index in [4.69, 9.17) is 4.74 Å². The molecule has 7 nitrogen and oxygen atoms in total. The highest BCUT2D eigenvalue weighted by atomic mass is 16.6. The maximum atomic E-state index is 12.9. The van der Waals surface area contributed by atoms with Crippen LogP contribution in [-0.2, 0) is 19.1 Å². The minimum absolute atomic E-state index is 0.0411. The van der Waals surface area contributed by atoms with Crippen LogP contribution in [0.15, 0.2) is 0 Å². The van der Waals surface area contributed by atoms with Crippen molar-refractivity contribution in [3.8, 4) is 0 Å². The highest BCUT2D eigenvalue weighted by Gasteiger charge is 2.36. The van der Waals surface area contributed by atoms with E-state index >= 15 is 0 Å². The molecule has 0 bridgehead atoms. The standard InChI is InChI=1S/C24H43N3O4/c1-6-19(26-15-10-12-22(26)29)17-20(27-14-9-7-8-11-21(27)28)18-24(2,3)31-23(30)13-16-25(4)5/h19-20H,6-18H2,1-5H3. The summed E-state index contributed by atoms with van der Waals surface area (Å²) in [4.78, 5) is 43.7. The Morgan fingerprint density at radius 2 is 1.61 bits per heavy atom. The number of amides is 2. The fourth-order valence-electron chi connectivity index (χ4n) is 4.88. The maximum absolute atomic E-state index is 12.9. The number of carbonyl (C=O) groups is 3. The molecule has 0 radical (unpaired) electrons. The summed E-state index contributed by atoms with van der Waals surface area (Å²) in [5.74, 6) is 0.211. The molecule has 178 valence electrons. The third-order valence-electron chi connectivity index (χ3n) is 6.50. The van der Waals surface area contributed by atoms with Crippen molar-refractivity contribution in [2.75, 3.05) is 33.7 Å². The minimum Gasteiger partial charge on any atom is -0.460 e. The van der Waals surface area contributed by atoms with Crippen molar-refractivity contribution in [3.05, 3.63) is 0 Å². The first-order chi connectivity index (χ1) is 14.6. The van der Waals surface area contributed by atoms with Gasteiger partial charge >= 0.3 is 5.97 Å². The summed E-state index contributed by atoms with van der Waals surface area (Å²) in [7, 11) is 3.87. The Kier molecular flexibility index (Phi) is 9.79. The Labute approximate surface area is 188 Å². The van der Waals surface area contributed by atoms with Gasteiger partial charge in [0.2, 0.25) is 11.8 Å². The number of carbonyl (C=O) groups excluding carboxylic acids is 3. The predicted octanol–water partition coefficient (Wildman–Crippen LogP) is 3.21. The number of hydrogen-bond donors (Lipinski definition) is 0. The number of rotatable bonds is 11. The van der Waals surface area contributed by atoms with Gasteiger partial charge in [0, 0.05) is 51.0 Å². The summed E-state index contributed by atoms with van der Waals surface area (Å²) >= 11 is 0. The van der Waals surface area contributed by atoms with Gasteiger partial charge in [-0.2, -0.15) is 0 Å². The van der Waals surface area contributed by atoms with Crippen LogP contribution in [0.4, 0.5) is 0 Å². The molecule has 2 aliphatic heterocycles. The van der Waals surface area contributed by atoms with Crippen molar-refractivity contribution < 1.29 is 19.1 Å². The summed E-state index contributed by atoms with van der Waals surface area (Å²) in [6.07, 6.45) is 7.68. The average Bonchev–Trinajstić information content (AvgIpc) is 2.99. The molecule has 31 heavy (non-hydrogen) atoms. The van der Waals surface area contributed by atoms with Gasteiger partial charge in [-0.15, -0.1) is 0 Å². The predicted molar refractivity (Wildman–Crippen MR) is 122 cm³/mol. The molecule has 2 fully saturated rings. The Morgan fingerprint density at radius 3 is 2.23 bits per heavy atom. The smallest absolute Gasteiger partial charge is 0.307 e. The SMILES string of the molecule is CCC(CC(CC(C)(C)OC(=O)CCN(C)C)N1CCCCCC1=O)N1CCCC1=O. The Bertz CT molecular complexity index is 620. The first kappa shape index (κ1) is 25.6. The van der Waals surface area contributed by atoms with Crippen LogP contribution in [0.25, 0.3) is 0 Å². The van der Waals surface area contributed by atoms with Crippen molar-refractivity contribution in [2.45, 2.75) is 103 Å². The summed E-state index contributed by atoms with van der Waals surface area (Å²) in [5.41, 5.74) is -0.673. The van der Waals surface area contributed by atoms with Crippen molar-refractivity contribution in [1.82, 2.24) is 14.7 Å². The number of hydrogen-bond acceptors (Lipinski definition) is 5. The van der Waals surface area contributed by atoms with Crippen molar-refractivity contribution in [1.29, 1.82) is 0 Å². The van der Waals surface area contributed by atoms with Gasteiger partial charge in [-0.3, -0.25) is 14.4 Å². The Hall–Kier alpha value is -1.63.